The van der Waals surface area contributed by atoms with Gasteiger partial charge in [0.15, 0.2) is 11.7 Å². The molecule has 0 saturated heterocycles. The minimum atomic E-state index is 0. The molecule has 197 valence electrons. The van der Waals surface area contributed by atoms with E-state index in [4.69, 9.17) is 25.0 Å². The topological polar surface area (TPSA) is 62.3 Å². The Labute approximate surface area is 243 Å². The fraction of sp³-hybridized carbons (Fsp3) is 0.414. The minimum Gasteiger partial charge on any atom is -1.00 e. The number of aliphatic imine (C=N–C) groups is 4. The van der Waals surface area contributed by atoms with E-state index in [9.17, 15) is 0 Å². The Hall–Kier alpha value is -2.12. The number of rotatable bonds is 10. The van der Waals surface area contributed by atoms with Crippen LogP contribution in [0.5, 0.6) is 0 Å². The molecule has 0 spiro atoms. The molecule has 2 aliphatic carbocycles. The van der Waals surface area contributed by atoms with Gasteiger partial charge in [0.05, 0.1) is 11.4 Å². The molecular weight excluding hydrogens is 548 g/mol. The van der Waals surface area contributed by atoms with Crippen LogP contribution in [-0.2, 0) is 16.8 Å². The second-order valence-electron chi connectivity index (χ2n) is 9.35. The molecule has 2 unspecified atom stereocenters. The zero-order chi connectivity index (χ0) is 23.3. The molecule has 1 aromatic heterocycles. The molecule has 5 rings (SSSR count). The monoisotopic (exact) mass is 580 g/mol. The van der Waals surface area contributed by atoms with Crippen LogP contribution in [0.2, 0.25) is 0 Å². The van der Waals surface area contributed by atoms with Crippen LogP contribution in [-0.4, -0.2) is 40.2 Å². The van der Waals surface area contributed by atoms with E-state index in [-0.39, 0.29) is 53.7 Å². The standard InChI is InChI=1S/C29H33N5.2ClH.Co/c1-3-5-7-10-20-14-16-22-26(18-20)33-28(31-22)24-12-9-13-25(30-24)29-32-23-17-15-21(11-8-6-4-2)19-27(23)34-29;;;/h9,12-19,22-23H,3-8,10-11H2,1-2H3;2*1H;/q;;;+2/p-2. The first-order valence-corrected chi connectivity index (χ1v) is 12.8. The van der Waals surface area contributed by atoms with Gasteiger partial charge in [0.1, 0.15) is 23.5 Å². The predicted molar refractivity (Wildman–Crippen MR) is 142 cm³/mol. The molecule has 0 aromatic carbocycles. The molecule has 0 amide bonds. The maximum absolute atomic E-state index is 4.85. The molecule has 1 aromatic rings. The van der Waals surface area contributed by atoms with Crippen molar-refractivity contribution in [1.82, 2.24) is 4.98 Å². The van der Waals surface area contributed by atoms with Gasteiger partial charge in [-0.3, -0.25) is 9.98 Å². The molecule has 37 heavy (non-hydrogen) atoms. The van der Waals surface area contributed by atoms with Gasteiger partial charge in [-0.2, -0.15) is 0 Å². The molecule has 0 saturated carbocycles. The van der Waals surface area contributed by atoms with Crippen LogP contribution in [0.25, 0.3) is 0 Å². The second-order valence-corrected chi connectivity index (χ2v) is 9.35. The maximum atomic E-state index is 4.85. The molecule has 5 nitrogen and oxygen atoms in total. The molecule has 0 fully saturated rings. The Morgan fingerprint density at radius 2 is 1.14 bits per heavy atom. The summed E-state index contributed by atoms with van der Waals surface area (Å²) in [5, 5.41) is 0. The van der Waals surface area contributed by atoms with E-state index in [1.54, 1.807) is 0 Å². The van der Waals surface area contributed by atoms with Crippen LogP contribution >= 0.6 is 0 Å². The van der Waals surface area contributed by atoms with Crippen molar-refractivity contribution in [1.29, 1.82) is 0 Å². The zero-order valence-corrected chi connectivity index (χ0v) is 23.9. The van der Waals surface area contributed by atoms with Crippen LogP contribution in [0.15, 0.2) is 85.8 Å². The summed E-state index contributed by atoms with van der Waals surface area (Å²) >= 11 is 0. The molecule has 4 aliphatic rings. The van der Waals surface area contributed by atoms with E-state index in [2.05, 4.69) is 50.3 Å². The van der Waals surface area contributed by atoms with Crippen molar-refractivity contribution in [3.05, 3.63) is 77.2 Å². The van der Waals surface area contributed by atoms with Gasteiger partial charge in [-0.05, 0) is 61.1 Å². The first-order chi connectivity index (χ1) is 16.7. The van der Waals surface area contributed by atoms with E-state index >= 15 is 0 Å². The Morgan fingerprint density at radius 3 is 1.57 bits per heavy atom. The van der Waals surface area contributed by atoms with Crippen molar-refractivity contribution in [3.63, 3.8) is 0 Å². The number of nitrogens with zero attached hydrogens (tertiary/aromatic N) is 5. The summed E-state index contributed by atoms with van der Waals surface area (Å²) in [6.45, 7) is 4.47. The smallest absolute Gasteiger partial charge is 1.00 e. The van der Waals surface area contributed by atoms with Crippen LogP contribution in [0.3, 0.4) is 0 Å². The summed E-state index contributed by atoms with van der Waals surface area (Å²) in [5.41, 5.74) is 6.28. The number of allylic oxidation sites excluding steroid dienone is 4. The largest absolute Gasteiger partial charge is 2.00 e. The van der Waals surface area contributed by atoms with Gasteiger partial charge in [-0.15, -0.1) is 0 Å². The van der Waals surface area contributed by atoms with E-state index in [1.165, 1.54) is 49.7 Å². The molecule has 3 heterocycles. The summed E-state index contributed by atoms with van der Waals surface area (Å²) in [6.07, 6.45) is 22.8. The molecule has 0 bridgehead atoms. The average molecular weight is 581 g/mol. The minimum absolute atomic E-state index is 0. The third-order valence-corrected chi connectivity index (χ3v) is 6.60. The number of amidine groups is 2. The first kappa shape index (κ1) is 31.1. The van der Waals surface area contributed by atoms with Crippen molar-refractivity contribution < 1.29 is 41.6 Å². The normalized spacial score (nSPS) is 20.6. The van der Waals surface area contributed by atoms with Crippen molar-refractivity contribution in [3.8, 4) is 0 Å². The number of pyridine rings is 1. The molecule has 8 heteroatoms. The summed E-state index contributed by atoms with van der Waals surface area (Å²) in [6, 6.07) is 5.95. The number of aromatic nitrogens is 1. The van der Waals surface area contributed by atoms with Gasteiger partial charge in [-0.25, -0.2) is 15.0 Å². The van der Waals surface area contributed by atoms with E-state index in [1.807, 2.05) is 18.2 Å². The maximum Gasteiger partial charge on any atom is 2.00 e. The number of fused-ring (bicyclic) bond motifs is 2. The number of halogens is 2. The number of hydrogen-bond acceptors (Lipinski definition) is 5. The third-order valence-electron chi connectivity index (χ3n) is 6.60. The van der Waals surface area contributed by atoms with Gasteiger partial charge in [0, 0.05) is 0 Å². The van der Waals surface area contributed by atoms with Gasteiger partial charge >= 0.3 is 16.8 Å². The molecular formula is C29H33Cl2CoN5. The summed E-state index contributed by atoms with van der Waals surface area (Å²) in [7, 11) is 0. The van der Waals surface area contributed by atoms with Gasteiger partial charge < -0.3 is 24.8 Å². The fourth-order valence-corrected chi connectivity index (χ4v) is 4.65. The SMILES string of the molecule is CCCCCC1=CC2=NC(c3cccc(C4=NC5C=CC(CCCCC)=CC5=N4)n3)=NC2C=C1.[Cl-].[Cl-].[Co+2]. The molecule has 2 aliphatic heterocycles. The number of hydrogen-bond donors (Lipinski definition) is 0. The summed E-state index contributed by atoms with van der Waals surface area (Å²) < 4.78 is 0. The molecule has 2 atom stereocenters. The van der Waals surface area contributed by atoms with E-state index < -0.39 is 0 Å². The first-order valence-electron chi connectivity index (χ1n) is 12.8. The predicted octanol–water partition coefficient (Wildman–Crippen LogP) is 0.380. The van der Waals surface area contributed by atoms with Crippen molar-refractivity contribution >= 4 is 23.1 Å². The van der Waals surface area contributed by atoms with Gasteiger partial charge in [0.25, 0.3) is 0 Å². The quantitative estimate of drug-likeness (QED) is 0.369. The fourth-order valence-electron chi connectivity index (χ4n) is 4.65. The average Bonchev–Trinajstić information content (AvgIpc) is 3.48. The van der Waals surface area contributed by atoms with E-state index in [0.717, 1.165) is 35.7 Å². The van der Waals surface area contributed by atoms with Crippen molar-refractivity contribution in [2.75, 3.05) is 0 Å². The van der Waals surface area contributed by atoms with E-state index in [0.29, 0.717) is 11.7 Å². The van der Waals surface area contributed by atoms with Gasteiger partial charge in [0.2, 0.25) is 0 Å². The van der Waals surface area contributed by atoms with Crippen molar-refractivity contribution in [2.24, 2.45) is 20.0 Å². The van der Waals surface area contributed by atoms with Crippen LogP contribution in [0.4, 0.5) is 0 Å². The third kappa shape index (κ3) is 7.47. The van der Waals surface area contributed by atoms with Gasteiger partial charge in [-0.1, -0.05) is 69.9 Å². The summed E-state index contributed by atoms with van der Waals surface area (Å²) in [5.74, 6) is 1.39. The Bertz CT molecular complexity index is 1120. The zero-order valence-electron chi connectivity index (χ0n) is 21.3. The van der Waals surface area contributed by atoms with Crippen LogP contribution in [0.1, 0.15) is 76.6 Å². The van der Waals surface area contributed by atoms with Crippen LogP contribution < -0.4 is 24.8 Å². The summed E-state index contributed by atoms with van der Waals surface area (Å²) in [4.78, 5) is 24.1. The second kappa shape index (κ2) is 14.7. The Balaban J connectivity index is 0.00000160. The Morgan fingerprint density at radius 1 is 0.676 bits per heavy atom. The molecule has 0 N–H and O–H groups in total. The molecule has 1 radical (unpaired) electrons. The Kier molecular flexibility index (Phi) is 12.4. The number of unbranched alkanes of at least 4 members (excludes halogenated alkanes) is 4. The van der Waals surface area contributed by atoms with Crippen molar-refractivity contribution in [2.45, 2.75) is 77.3 Å². The van der Waals surface area contributed by atoms with Crippen LogP contribution in [0, 0.1) is 0 Å².